The van der Waals surface area contributed by atoms with E-state index in [9.17, 15) is 4.79 Å². The zero-order chi connectivity index (χ0) is 13.8. The van der Waals surface area contributed by atoms with Gasteiger partial charge in [0.15, 0.2) is 0 Å². The molecule has 2 rings (SSSR count). The quantitative estimate of drug-likeness (QED) is 0.816. The van der Waals surface area contributed by atoms with Crippen molar-refractivity contribution in [1.29, 1.82) is 0 Å². The molecule has 1 saturated heterocycles. The van der Waals surface area contributed by atoms with Crippen LogP contribution in [0.2, 0.25) is 0 Å². The molecular weight excluding hydrogens is 238 g/mol. The number of methoxy groups -OCH3 is 1. The predicted molar refractivity (Wildman–Crippen MR) is 76.4 cm³/mol. The summed E-state index contributed by atoms with van der Waals surface area (Å²) in [6.07, 6.45) is 1.67. The molecule has 0 aliphatic carbocycles. The molecule has 0 unspecified atom stereocenters. The molecule has 1 aromatic carbocycles. The SMILES string of the molecule is CCC(=O)[C@@H]1CCN([C@H](C)c2ccc(OC)cc2)C1. The first kappa shape index (κ1) is 14.1. The average molecular weight is 261 g/mol. The van der Waals surface area contributed by atoms with Crippen LogP contribution in [-0.2, 0) is 4.79 Å². The zero-order valence-electron chi connectivity index (χ0n) is 12.1. The number of hydrogen-bond donors (Lipinski definition) is 0. The normalized spacial score (nSPS) is 21.3. The van der Waals surface area contributed by atoms with E-state index in [1.54, 1.807) is 7.11 Å². The van der Waals surface area contributed by atoms with Crippen LogP contribution in [0, 0.1) is 5.92 Å². The highest BCUT2D eigenvalue weighted by atomic mass is 16.5. The Labute approximate surface area is 115 Å². The molecule has 1 aromatic rings. The molecule has 0 spiro atoms. The second kappa shape index (κ2) is 6.20. The van der Waals surface area contributed by atoms with Gasteiger partial charge in [0, 0.05) is 24.9 Å². The Hall–Kier alpha value is -1.35. The maximum atomic E-state index is 11.8. The third-order valence-electron chi connectivity index (χ3n) is 4.17. The summed E-state index contributed by atoms with van der Waals surface area (Å²) in [4.78, 5) is 14.2. The van der Waals surface area contributed by atoms with E-state index in [2.05, 4.69) is 24.0 Å². The van der Waals surface area contributed by atoms with Crippen molar-refractivity contribution < 1.29 is 9.53 Å². The second-order valence-electron chi connectivity index (χ2n) is 5.25. The van der Waals surface area contributed by atoms with Crippen molar-refractivity contribution in [1.82, 2.24) is 4.90 Å². The van der Waals surface area contributed by atoms with Gasteiger partial charge < -0.3 is 4.74 Å². The second-order valence-corrected chi connectivity index (χ2v) is 5.25. The van der Waals surface area contributed by atoms with E-state index in [0.29, 0.717) is 18.2 Å². The van der Waals surface area contributed by atoms with E-state index in [0.717, 1.165) is 25.3 Å². The van der Waals surface area contributed by atoms with Crippen LogP contribution in [0.4, 0.5) is 0 Å². The maximum Gasteiger partial charge on any atom is 0.137 e. The van der Waals surface area contributed by atoms with Crippen molar-refractivity contribution in [3.63, 3.8) is 0 Å². The van der Waals surface area contributed by atoms with Crippen molar-refractivity contribution in [2.24, 2.45) is 5.92 Å². The topological polar surface area (TPSA) is 29.5 Å². The smallest absolute Gasteiger partial charge is 0.137 e. The predicted octanol–water partition coefficient (Wildman–Crippen LogP) is 3.06. The van der Waals surface area contributed by atoms with E-state index >= 15 is 0 Å². The Balaban J connectivity index is 2.00. The highest BCUT2D eigenvalue weighted by Gasteiger charge is 2.30. The zero-order valence-corrected chi connectivity index (χ0v) is 12.1. The third kappa shape index (κ3) is 3.16. The van der Waals surface area contributed by atoms with Gasteiger partial charge in [0.25, 0.3) is 0 Å². The lowest BCUT2D eigenvalue weighted by Crippen LogP contribution is -2.26. The van der Waals surface area contributed by atoms with Crippen LogP contribution in [0.5, 0.6) is 5.75 Å². The molecule has 1 heterocycles. The molecule has 1 aliphatic heterocycles. The molecule has 1 aliphatic rings. The van der Waals surface area contributed by atoms with E-state index < -0.39 is 0 Å². The molecule has 0 radical (unpaired) electrons. The van der Waals surface area contributed by atoms with Gasteiger partial charge in [-0.05, 0) is 37.6 Å². The van der Waals surface area contributed by atoms with Gasteiger partial charge in [-0.15, -0.1) is 0 Å². The Morgan fingerprint density at radius 3 is 2.68 bits per heavy atom. The number of carbonyl (C=O) groups is 1. The van der Waals surface area contributed by atoms with Crippen LogP contribution in [0.3, 0.4) is 0 Å². The van der Waals surface area contributed by atoms with E-state index in [-0.39, 0.29) is 5.92 Å². The molecule has 2 atom stereocenters. The maximum absolute atomic E-state index is 11.8. The minimum absolute atomic E-state index is 0.241. The number of ether oxygens (including phenoxy) is 1. The molecule has 3 nitrogen and oxygen atoms in total. The number of benzene rings is 1. The largest absolute Gasteiger partial charge is 0.497 e. The molecule has 0 aromatic heterocycles. The summed E-state index contributed by atoms with van der Waals surface area (Å²) in [6.45, 7) is 6.09. The minimum Gasteiger partial charge on any atom is -0.497 e. The monoisotopic (exact) mass is 261 g/mol. The van der Waals surface area contributed by atoms with Crippen molar-refractivity contribution >= 4 is 5.78 Å². The molecule has 104 valence electrons. The molecule has 0 saturated carbocycles. The number of nitrogens with zero attached hydrogens (tertiary/aromatic N) is 1. The summed E-state index contributed by atoms with van der Waals surface area (Å²) < 4.78 is 5.18. The van der Waals surface area contributed by atoms with E-state index in [4.69, 9.17) is 4.74 Å². The molecule has 3 heteroatoms. The average Bonchev–Trinajstić information content (AvgIpc) is 2.95. The first-order chi connectivity index (χ1) is 9.15. The van der Waals surface area contributed by atoms with Crippen LogP contribution in [0.15, 0.2) is 24.3 Å². The van der Waals surface area contributed by atoms with Gasteiger partial charge in [-0.3, -0.25) is 9.69 Å². The van der Waals surface area contributed by atoms with Crippen molar-refractivity contribution in [2.45, 2.75) is 32.7 Å². The molecule has 19 heavy (non-hydrogen) atoms. The van der Waals surface area contributed by atoms with Crippen LogP contribution < -0.4 is 4.74 Å². The van der Waals surface area contributed by atoms with Gasteiger partial charge in [-0.2, -0.15) is 0 Å². The lowest BCUT2D eigenvalue weighted by Gasteiger charge is -2.24. The van der Waals surface area contributed by atoms with E-state index in [1.165, 1.54) is 5.56 Å². The van der Waals surface area contributed by atoms with Gasteiger partial charge in [0.1, 0.15) is 11.5 Å². The summed E-state index contributed by atoms with van der Waals surface area (Å²) in [7, 11) is 1.68. The number of rotatable bonds is 5. The summed E-state index contributed by atoms with van der Waals surface area (Å²) >= 11 is 0. The summed E-state index contributed by atoms with van der Waals surface area (Å²) in [5.74, 6) is 1.53. The number of carbonyl (C=O) groups excluding carboxylic acids is 1. The van der Waals surface area contributed by atoms with Crippen LogP contribution in [0.25, 0.3) is 0 Å². The first-order valence-electron chi connectivity index (χ1n) is 7.06. The number of hydrogen-bond acceptors (Lipinski definition) is 3. The number of likely N-dealkylation sites (tertiary alicyclic amines) is 1. The first-order valence-corrected chi connectivity index (χ1v) is 7.06. The number of Topliss-reactive ketones (excluding diaryl/α,β-unsaturated/α-hetero) is 1. The highest BCUT2D eigenvalue weighted by molar-refractivity contribution is 5.81. The molecular formula is C16H23NO2. The molecule has 0 N–H and O–H groups in total. The van der Waals surface area contributed by atoms with Crippen molar-refractivity contribution in [3.8, 4) is 5.75 Å². The van der Waals surface area contributed by atoms with Crippen LogP contribution >= 0.6 is 0 Å². The Morgan fingerprint density at radius 1 is 1.42 bits per heavy atom. The van der Waals surface area contributed by atoms with Crippen LogP contribution in [0.1, 0.15) is 38.3 Å². The summed E-state index contributed by atoms with van der Waals surface area (Å²) in [6, 6.07) is 8.57. The fraction of sp³-hybridized carbons (Fsp3) is 0.562. The van der Waals surface area contributed by atoms with Gasteiger partial charge in [-0.25, -0.2) is 0 Å². The van der Waals surface area contributed by atoms with E-state index in [1.807, 2.05) is 19.1 Å². The standard InChI is InChI=1S/C16H23NO2/c1-4-16(18)14-9-10-17(11-14)12(2)13-5-7-15(19-3)8-6-13/h5-8,12,14H,4,9-11H2,1-3H3/t12-,14-/m1/s1. The van der Waals surface area contributed by atoms with Gasteiger partial charge in [-0.1, -0.05) is 19.1 Å². The van der Waals surface area contributed by atoms with Gasteiger partial charge in [0.05, 0.1) is 7.11 Å². The fourth-order valence-corrected chi connectivity index (χ4v) is 2.78. The summed E-state index contributed by atoms with van der Waals surface area (Å²) in [5.41, 5.74) is 1.28. The molecule has 1 fully saturated rings. The molecule has 0 amide bonds. The lowest BCUT2D eigenvalue weighted by molar-refractivity contribution is -0.122. The lowest BCUT2D eigenvalue weighted by atomic mass is 10.0. The van der Waals surface area contributed by atoms with Crippen molar-refractivity contribution in [2.75, 3.05) is 20.2 Å². The Morgan fingerprint density at radius 2 is 2.11 bits per heavy atom. The highest BCUT2D eigenvalue weighted by Crippen LogP contribution is 2.29. The van der Waals surface area contributed by atoms with Gasteiger partial charge in [0.2, 0.25) is 0 Å². The van der Waals surface area contributed by atoms with Gasteiger partial charge >= 0.3 is 0 Å². The fourth-order valence-electron chi connectivity index (χ4n) is 2.78. The minimum atomic E-state index is 0.241. The van der Waals surface area contributed by atoms with Crippen LogP contribution in [-0.4, -0.2) is 30.9 Å². The Kier molecular flexibility index (Phi) is 4.59. The number of ketones is 1. The van der Waals surface area contributed by atoms with Crippen molar-refractivity contribution in [3.05, 3.63) is 29.8 Å². The third-order valence-corrected chi connectivity index (χ3v) is 4.17. The Bertz CT molecular complexity index is 427. The molecule has 0 bridgehead atoms. The summed E-state index contributed by atoms with van der Waals surface area (Å²) in [5, 5.41) is 0.